The highest BCUT2D eigenvalue weighted by molar-refractivity contribution is 5.95. The molecule has 0 saturated carbocycles. The van der Waals surface area contributed by atoms with Crippen LogP contribution in [0.2, 0.25) is 0 Å². The molecule has 0 bridgehead atoms. The van der Waals surface area contributed by atoms with Crippen molar-refractivity contribution in [3.05, 3.63) is 29.3 Å². The largest absolute Gasteiger partial charge is 0.388 e. The predicted octanol–water partition coefficient (Wildman–Crippen LogP) is 2.29. The second-order valence-corrected chi connectivity index (χ2v) is 5.61. The number of nitrogens with one attached hydrogen (secondary N) is 1. The summed E-state index contributed by atoms with van der Waals surface area (Å²) in [5.41, 5.74) is 2.63. The molecule has 1 fully saturated rings. The van der Waals surface area contributed by atoms with E-state index in [1.54, 1.807) is 0 Å². The van der Waals surface area contributed by atoms with Gasteiger partial charge in [0.15, 0.2) is 0 Å². The Labute approximate surface area is 114 Å². The van der Waals surface area contributed by atoms with Crippen LogP contribution < -0.4 is 5.32 Å². The number of anilines is 1. The average Bonchev–Trinajstić information content (AvgIpc) is 2.36. The van der Waals surface area contributed by atoms with Gasteiger partial charge in [-0.3, -0.25) is 4.79 Å². The molecule has 0 unspecified atom stereocenters. The average molecular weight is 262 g/mol. The van der Waals surface area contributed by atoms with Crippen LogP contribution in [0.5, 0.6) is 0 Å². The molecule has 0 aromatic heterocycles. The molecule has 1 amide bonds. The van der Waals surface area contributed by atoms with Gasteiger partial charge in [0.1, 0.15) is 0 Å². The number of carbonyl (C=O) groups excluding carboxylic acids is 1. The molecule has 0 spiro atoms. The van der Waals surface area contributed by atoms with Crippen LogP contribution in [0.25, 0.3) is 0 Å². The Kier molecular flexibility index (Phi) is 3.80. The topological polar surface area (TPSA) is 41.6 Å². The van der Waals surface area contributed by atoms with Crippen molar-refractivity contribution in [1.29, 1.82) is 0 Å². The van der Waals surface area contributed by atoms with E-state index in [1.807, 2.05) is 50.9 Å². The van der Waals surface area contributed by atoms with Gasteiger partial charge in [0.25, 0.3) is 5.91 Å². The van der Waals surface area contributed by atoms with Gasteiger partial charge in [-0.15, -0.1) is 0 Å². The van der Waals surface area contributed by atoms with E-state index >= 15 is 0 Å². The molecule has 1 aliphatic rings. The van der Waals surface area contributed by atoms with Crippen molar-refractivity contribution in [2.24, 2.45) is 0 Å². The fourth-order valence-corrected chi connectivity index (χ4v) is 2.45. The molecule has 1 heterocycles. The van der Waals surface area contributed by atoms with E-state index in [0.717, 1.165) is 16.8 Å². The lowest BCUT2D eigenvalue weighted by molar-refractivity contribution is -0.0764. The maximum Gasteiger partial charge on any atom is 0.254 e. The summed E-state index contributed by atoms with van der Waals surface area (Å²) in [7, 11) is 1.88. The van der Waals surface area contributed by atoms with E-state index in [0.29, 0.717) is 19.7 Å². The van der Waals surface area contributed by atoms with E-state index in [4.69, 9.17) is 4.74 Å². The van der Waals surface area contributed by atoms with Crippen molar-refractivity contribution in [3.8, 4) is 0 Å². The molecule has 19 heavy (non-hydrogen) atoms. The molecule has 1 aromatic rings. The molecule has 1 N–H and O–H groups in total. The lowest BCUT2D eigenvalue weighted by atomic mass is 10.0. The first-order valence-corrected chi connectivity index (χ1v) is 6.64. The highest BCUT2D eigenvalue weighted by Gasteiger charge is 2.30. The number of aryl methyl sites for hydroxylation is 1. The number of amides is 1. The fraction of sp³-hybridized carbons (Fsp3) is 0.533. The fourth-order valence-electron chi connectivity index (χ4n) is 2.45. The van der Waals surface area contributed by atoms with Crippen molar-refractivity contribution in [2.75, 3.05) is 32.1 Å². The van der Waals surface area contributed by atoms with Gasteiger partial charge in [-0.2, -0.15) is 0 Å². The predicted molar refractivity (Wildman–Crippen MR) is 76.7 cm³/mol. The summed E-state index contributed by atoms with van der Waals surface area (Å²) < 4.78 is 5.64. The normalized spacial score (nSPS) is 18.2. The zero-order valence-electron chi connectivity index (χ0n) is 12.1. The minimum absolute atomic E-state index is 0.0853. The number of ether oxygens (including phenoxy) is 1. The second-order valence-electron chi connectivity index (χ2n) is 5.61. The Morgan fingerprint density at radius 2 is 2.16 bits per heavy atom. The van der Waals surface area contributed by atoms with Crippen molar-refractivity contribution >= 4 is 11.6 Å². The lowest BCUT2D eigenvalue weighted by Crippen LogP contribution is -2.50. The van der Waals surface area contributed by atoms with Crippen LogP contribution in [0.3, 0.4) is 0 Å². The molecule has 104 valence electrons. The number of nitrogens with zero attached hydrogens (tertiary/aromatic N) is 1. The molecule has 4 nitrogen and oxygen atoms in total. The quantitative estimate of drug-likeness (QED) is 0.889. The molecular weight excluding hydrogens is 240 g/mol. The minimum Gasteiger partial charge on any atom is -0.388 e. The monoisotopic (exact) mass is 262 g/mol. The van der Waals surface area contributed by atoms with Crippen LogP contribution in [0.1, 0.15) is 29.8 Å². The number of hydrogen-bond acceptors (Lipinski definition) is 3. The van der Waals surface area contributed by atoms with E-state index < -0.39 is 0 Å². The van der Waals surface area contributed by atoms with Crippen molar-refractivity contribution in [1.82, 2.24) is 4.90 Å². The summed E-state index contributed by atoms with van der Waals surface area (Å²) in [4.78, 5) is 14.4. The number of hydrogen-bond donors (Lipinski definition) is 1. The van der Waals surface area contributed by atoms with Gasteiger partial charge in [-0.1, -0.05) is 0 Å². The summed E-state index contributed by atoms with van der Waals surface area (Å²) >= 11 is 0. The molecule has 1 aliphatic heterocycles. The molecule has 1 aromatic carbocycles. The van der Waals surface area contributed by atoms with E-state index in [1.165, 1.54) is 0 Å². The molecule has 0 radical (unpaired) electrons. The van der Waals surface area contributed by atoms with Crippen molar-refractivity contribution in [2.45, 2.75) is 26.4 Å². The number of carbonyl (C=O) groups is 1. The summed E-state index contributed by atoms with van der Waals surface area (Å²) in [5.74, 6) is 0.0853. The Morgan fingerprint density at radius 1 is 1.42 bits per heavy atom. The standard InChI is InChI=1S/C15H22N2O2/c1-11-9-12(5-6-13(11)16-4)14(18)17-7-8-19-15(2,3)10-17/h5-6,9,16H,7-8,10H2,1-4H3. The molecule has 0 aliphatic carbocycles. The van der Waals surface area contributed by atoms with Crippen LogP contribution in [0.15, 0.2) is 18.2 Å². The first-order valence-electron chi connectivity index (χ1n) is 6.64. The Balaban J connectivity index is 2.17. The van der Waals surface area contributed by atoms with Crippen molar-refractivity contribution in [3.63, 3.8) is 0 Å². The summed E-state index contributed by atoms with van der Waals surface area (Å²) in [6.07, 6.45) is 0. The first-order chi connectivity index (χ1) is 8.93. The van der Waals surface area contributed by atoms with E-state index in [-0.39, 0.29) is 11.5 Å². The van der Waals surface area contributed by atoms with E-state index in [9.17, 15) is 4.79 Å². The van der Waals surface area contributed by atoms with Crippen LogP contribution in [0.4, 0.5) is 5.69 Å². The van der Waals surface area contributed by atoms with Gasteiger partial charge in [-0.25, -0.2) is 0 Å². The third-order valence-electron chi connectivity index (χ3n) is 3.46. The Hall–Kier alpha value is -1.55. The number of morpholine rings is 1. The van der Waals surface area contributed by atoms with Gasteiger partial charge in [0.05, 0.1) is 12.2 Å². The third-order valence-corrected chi connectivity index (χ3v) is 3.46. The van der Waals surface area contributed by atoms with Gasteiger partial charge in [0, 0.05) is 31.4 Å². The smallest absolute Gasteiger partial charge is 0.254 e. The van der Waals surface area contributed by atoms with Crippen LogP contribution in [-0.4, -0.2) is 43.2 Å². The highest BCUT2D eigenvalue weighted by atomic mass is 16.5. The van der Waals surface area contributed by atoms with Gasteiger partial charge in [0.2, 0.25) is 0 Å². The highest BCUT2D eigenvalue weighted by Crippen LogP contribution is 2.21. The molecule has 0 atom stereocenters. The van der Waals surface area contributed by atoms with Gasteiger partial charge in [-0.05, 0) is 44.5 Å². The molecule has 1 saturated heterocycles. The third kappa shape index (κ3) is 3.07. The number of rotatable bonds is 2. The summed E-state index contributed by atoms with van der Waals surface area (Å²) in [6, 6.07) is 5.77. The SMILES string of the molecule is CNc1ccc(C(=O)N2CCOC(C)(C)C2)cc1C. The Morgan fingerprint density at radius 3 is 2.74 bits per heavy atom. The summed E-state index contributed by atoms with van der Waals surface area (Å²) in [5, 5.41) is 3.11. The lowest BCUT2D eigenvalue weighted by Gasteiger charge is -2.38. The van der Waals surface area contributed by atoms with Crippen molar-refractivity contribution < 1.29 is 9.53 Å². The number of benzene rings is 1. The maximum absolute atomic E-state index is 12.5. The molecule has 4 heteroatoms. The van der Waals surface area contributed by atoms with Crippen LogP contribution >= 0.6 is 0 Å². The first kappa shape index (κ1) is 13.9. The zero-order valence-corrected chi connectivity index (χ0v) is 12.1. The Bertz CT molecular complexity index is 483. The van der Waals surface area contributed by atoms with Gasteiger partial charge >= 0.3 is 0 Å². The van der Waals surface area contributed by atoms with Crippen LogP contribution in [-0.2, 0) is 4.74 Å². The van der Waals surface area contributed by atoms with Gasteiger partial charge < -0.3 is 15.0 Å². The zero-order chi connectivity index (χ0) is 14.0. The minimum atomic E-state index is -0.256. The maximum atomic E-state index is 12.5. The van der Waals surface area contributed by atoms with E-state index in [2.05, 4.69) is 5.32 Å². The summed E-state index contributed by atoms with van der Waals surface area (Å²) in [6.45, 7) is 7.94. The second kappa shape index (κ2) is 5.21. The van der Waals surface area contributed by atoms with Crippen LogP contribution in [0, 0.1) is 6.92 Å². The molecular formula is C15H22N2O2. The molecule has 2 rings (SSSR count).